The SMILES string of the molecule is Cn1cnnc1NC(=O)c1cc(Cl)ccc1OC1CCCC1. The highest BCUT2D eigenvalue weighted by molar-refractivity contribution is 6.31. The molecule has 1 fully saturated rings. The van der Waals surface area contributed by atoms with E-state index in [4.69, 9.17) is 16.3 Å². The molecule has 1 amide bonds. The molecule has 0 unspecified atom stereocenters. The van der Waals surface area contributed by atoms with E-state index in [1.165, 1.54) is 19.2 Å². The maximum atomic E-state index is 12.5. The summed E-state index contributed by atoms with van der Waals surface area (Å²) in [5, 5.41) is 10.8. The second-order valence-corrected chi connectivity index (χ2v) is 5.82. The van der Waals surface area contributed by atoms with E-state index in [1.807, 2.05) is 0 Å². The molecular formula is C15H17ClN4O2. The molecular weight excluding hydrogens is 304 g/mol. The zero-order valence-corrected chi connectivity index (χ0v) is 13.0. The molecule has 1 N–H and O–H groups in total. The van der Waals surface area contributed by atoms with Gasteiger partial charge in [0.05, 0.1) is 11.7 Å². The van der Waals surface area contributed by atoms with Gasteiger partial charge in [0.15, 0.2) is 0 Å². The number of aryl methyl sites for hydroxylation is 1. The molecule has 22 heavy (non-hydrogen) atoms. The van der Waals surface area contributed by atoms with Gasteiger partial charge in [-0.3, -0.25) is 10.1 Å². The molecule has 1 heterocycles. The first-order chi connectivity index (χ1) is 10.6. The summed E-state index contributed by atoms with van der Waals surface area (Å²) >= 11 is 6.02. The molecule has 1 aromatic carbocycles. The first kappa shape index (κ1) is 14.8. The van der Waals surface area contributed by atoms with Crippen molar-refractivity contribution in [1.29, 1.82) is 0 Å². The van der Waals surface area contributed by atoms with E-state index in [1.54, 1.807) is 29.8 Å². The average molecular weight is 321 g/mol. The topological polar surface area (TPSA) is 69.0 Å². The molecule has 6 nitrogen and oxygen atoms in total. The Bertz CT molecular complexity index is 680. The Kier molecular flexibility index (Phi) is 4.29. The van der Waals surface area contributed by atoms with Crippen molar-refractivity contribution in [2.75, 3.05) is 5.32 Å². The van der Waals surface area contributed by atoms with Gasteiger partial charge in [0.2, 0.25) is 5.95 Å². The van der Waals surface area contributed by atoms with Gasteiger partial charge in [0, 0.05) is 12.1 Å². The molecule has 1 aromatic heterocycles. The minimum atomic E-state index is -0.313. The summed E-state index contributed by atoms with van der Waals surface area (Å²) < 4.78 is 7.59. The lowest BCUT2D eigenvalue weighted by molar-refractivity contribution is 0.101. The van der Waals surface area contributed by atoms with Crippen LogP contribution in [0.3, 0.4) is 0 Å². The van der Waals surface area contributed by atoms with Crippen molar-refractivity contribution in [3.63, 3.8) is 0 Å². The molecule has 2 aromatic rings. The molecule has 116 valence electrons. The molecule has 3 rings (SSSR count). The smallest absolute Gasteiger partial charge is 0.261 e. The molecule has 0 bridgehead atoms. The van der Waals surface area contributed by atoms with Crippen LogP contribution in [0.4, 0.5) is 5.95 Å². The Morgan fingerprint density at radius 1 is 1.41 bits per heavy atom. The Morgan fingerprint density at radius 2 is 2.18 bits per heavy atom. The molecule has 0 atom stereocenters. The number of halogens is 1. The van der Waals surface area contributed by atoms with Crippen LogP contribution in [-0.4, -0.2) is 26.8 Å². The van der Waals surface area contributed by atoms with Crippen LogP contribution >= 0.6 is 11.6 Å². The van der Waals surface area contributed by atoms with E-state index in [0.717, 1.165) is 12.8 Å². The molecule has 7 heteroatoms. The minimum Gasteiger partial charge on any atom is -0.490 e. The van der Waals surface area contributed by atoms with Gasteiger partial charge in [0.25, 0.3) is 5.91 Å². The summed E-state index contributed by atoms with van der Waals surface area (Å²) in [6.07, 6.45) is 6.06. The zero-order valence-electron chi connectivity index (χ0n) is 12.3. The number of anilines is 1. The van der Waals surface area contributed by atoms with E-state index < -0.39 is 0 Å². The quantitative estimate of drug-likeness (QED) is 0.940. The van der Waals surface area contributed by atoms with Crippen LogP contribution in [0.5, 0.6) is 5.75 Å². The number of rotatable bonds is 4. The van der Waals surface area contributed by atoms with Gasteiger partial charge >= 0.3 is 0 Å². The van der Waals surface area contributed by atoms with Crippen molar-refractivity contribution >= 4 is 23.5 Å². The lowest BCUT2D eigenvalue weighted by atomic mass is 10.2. The predicted molar refractivity (Wildman–Crippen MR) is 83.3 cm³/mol. The van der Waals surface area contributed by atoms with Crippen molar-refractivity contribution in [2.45, 2.75) is 31.8 Å². The molecule has 0 saturated heterocycles. The van der Waals surface area contributed by atoms with Crippen LogP contribution in [0.15, 0.2) is 24.5 Å². The Hall–Kier alpha value is -2.08. The van der Waals surface area contributed by atoms with E-state index in [0.29, 0.717) is 22.3 Å². The number of benzene rings is 1. The number of carbonyl (C=O) groups is 1. The van der Waals surface area contributed by atoms with Crippen molar-refractivity contribution in [2.24, 2.45) is 7.05 Å². The number of nitrogens with zero attached hydrogens (tertiary/aromatic N) is 3. The lowest BCUT2D eigenvalue weighted by Gasteiger charge is -2.16. The second-order valence-electron chi connectivity index (χ2n) is 5.38. The van der Waals surface area contributed by atoms with Gasteiger partial charge < -0.3 is 9.30 Å². The largest absolute Gasteiger partial charge is 0.490 e. The summed E-state index contributed by atoms with van der Waals surface area (Å²) in [5.41, 5.74) is 0.405. The van der Waals surface area contributed by atoms with Crippen molar-refractivity contribution in [3.8, 4) is 5.75 Å². The van der Waals surface area contributed by atoms with Gasteiger partial charge in [-0.05, 0) is 43.9 Å². The lowest BCUT2D eigenvalue weighted by Crippen LogP contribution is -2.18. The molecule has 0 aliphatic heterocycles. The fourth-order valence-corrected chi connectivity index (χ4v) is 2.71. The number of amides is 1. The molecule has 1 aliphatic rings. The Morgan fingerprint density at radius 3 is 2.86 bits per heavy atom. The zero-order chi connectivity index (χ0) is 15.5. The fraction of sp³-hybridized carbons (Fsp3) is 0.400. The third-order valence-corrected chi connectivity index (χ3v) is 3.95. The first-order valence-electron chi connectivity index (χ1n) is 7.25. The maximum Gasteiger partial charge on any atom is 0.261 e. The molecule has 1 saturated carbocycles. The first-order valence-corrected chi connectivity index (χ1v) is 7.63. The predicted octanol–water partition coefficient (Wildman–Crippen LogP) is 3.04. The standard InChI is InChI=1S/C15H17ClN4O2/c1-20-9-17-19-15(20)18-14(21)12-8-10(16)6-7-13(12)22-11-4-2-3-5-11/h6-9,11H,2-5H2,1H3,(H,18,19,21). The number of nitrogens with one attached hydrogen (secondary N) is 1. The van der Waals surface area contributed by atoms with Gasteiger partial charge in [-0.15, -0.1) is 10.2 Å². The van der Waals surface area contributed by atoms with E-state index in [2.05, 4.69) is 15.5 Å². The van der Waals surface area contributed by atoms with E-state index in [9.17, 15) is 4.79 Å². The van der Waals surface area contributed by atoms with Crippen LogP contribution in [0.25, 0.3) is 0 Å². The number of aromatic nitrogens is 3. The number of hydrogen-bond donors (Lipinski definition) is 1. The van der Waals surface area contributed by atoms with Crippen LogP contribution in [-0.2, 0) is 7.05 Å². The normalized spacial score (nSPS) is 15.0. The van der Waals surface area contributed by atoms with E-state index >= 15 is 0 Å². The third kappa shape index (κ3) is 3.22. The van der Waals surface area contributed by atoms with Crippen LogP contribution in [0.2, 0.25) is 5.02 Å². The third-order valence-electron chi connectivity index (χ3n) is 3.72. The van der Waals surface area contributed by atoms with Crippen LogP contribution < -0.4 is 10.1 Å². The second kappa shape index (κ2) is 6.36. The molecule has 0 spiro atoms. The molecule has 1 aliphatic carbocycles. The van der Waals surface area contributed by atoms with E-state index in [-0.39, 0.29) is 12.0 Å². The summed E-state index contributed by atoms with van der Waals surface area (Å²) in [5.74, 6) is 0.611. The minimum absolute atomic E-state index is 0.169. The monoisotopic (exact) mass is 320 g/mol. The summed E-state index contributed by atoms with van der Waals surface area (Å²) in [6.45, 7) is 0. The number of carbonyl (C=O) groups excluding carboxylic acids is 1. The van der Waals surface area contributed by atoms with Gasteiger partial charge in [-0.2, -0.15) is 0 Å². The number of ether oxygens (including phenoxy) is 1. The van der Waals surface area contributed by atoms with Gasteiger partial charge in [0.1, 0.15) is 12.1 Å². The van der Waals surface area contributed by atoms with Crippen molar-refractivity contribution in [3.05, 3.63) is 35.1 Å². The van der Waals surface area contributed by atoms with Crippen molar-refractivity contribution in [1.82, 2.24) is 14.8 Å². The highest BCUT2D eigenvalue weighted by Crippen LogP contribution is 2.29. The summed E-state index contributed by atoms with van der Waals surface area (Å²) in [6, 6.07) is 5.08. The maximum absolute atomic E-state index is 12.5. The Labute approximate surface area is 133 Å². The number of hydrogen-bond acceptors (Lipinski definition) is 4. The summed E-state index contributed by atoms with van der Waals surface area (Å²) in [4.78, 5) is 12.5. The fourth-order valence-electron chi connectivity index (χ4n) is 2.53. The van der Waals surface area contributed by atoms with Crippen LogP contribution in [0, 0.1) is 0 Å². The summed E-state index contributed by atoms with van der Waals surface area (Å²) in [7, 11) is 1.75. The van der Waals surface area contributed by atoms with Gasteiger partial charge in [-0.25, -0.2) is 0 Å². The van der Waals surface area contributed by atoms with Crippen LogP contribution in [0.1, 0.15) is 36.0 Å². The molecule has 0 radical (unpaired) electrons. The van der Waals surface area contributed by atoms with Crippen molar-refractivity contribution < 1.29 is 9.53 Å². The van der Waals surface area contributed by atoms with Gasteiger partial charge in [-0.1, -0.05) is 11.6 Å². The highest BCUT2D eigenvalue weighted by atomic mass is 35.5. The Balaban J connectivity index is 1.82. The average Bonchev–Trinajstić information content (AvgIpc) is 3.13. The highest BCUT2D eigenvalue weighted by Gasteiger charge is 2.21.